The van der Waals surface area contributed by atoms with Crippen LogP contribution in [0.4, 0.5) is 10.2 Å². The maximum Gasteiger partial charge on any atom is 0.246 e. The van der Waals surface area contributed by atoms with E-state index < -0.39 is 16.1 Å². The molecule has 0 spiro atoms. The highest BCUT2D eigenvalue weighted by Gasteiger charge is 2.30. The minimum Gasteiger partial charge on any atom is -0.356 e. The van der Waals surface area contributed by atoms with Crippen molar-refractivity contribution in [1.82, 2.24) is 14.3 Å². The summed E-state index contributed by atoms with van der Waals surface area (Å²) < 4.78 is 42.0. The molecule has 1 saturated heterocycles. The van der Waals surface area contributed by atoms with Crippen LogP contribution in [0.3, 0.4) is 0 Å². The van der Waals surface area contributed by atoms with Crippen LogP contribution in [0.1, 0.15) is 36.6 Å². The number of benzene rings is 1. The summed E-state index contributed by atoms with van der Waals surface area (Å²) in [6.07, 6.45) is 5.92. The van der Waals surface area contributed by atoms with Crippen molar-refractivity contribution < 1.29 is 12.8 Å². The van der Waals surface area contributed by atoms with Crippen molar-refractivity contribution in [2.75, 3.05) is 18.4 Å². The normalized spacial score (nSPS) is 16.2. The van der Waals surface area contributed by atoms with Gasteiger partial charge in [0, 0.05) is 25.5 Å². The molecule has 1 fully saturated rings. The average molecular weight is 427 g/mol. The number of nitrogens with zero attached hydrogens (tertiary/aromatic N) is 3. The third-order valence-electron chi connectivity index (χ3n) is 5.15. The van der Waals surface area contributed by atoms with Gasteiger partial charge in [0.25, 0.3) is 0 Å². The first-order valence-electron chi connectivity index (χ1n) is 9.94. The largest absolute Gasteiger partial charge is 0.356 e. The van der Waals surface area contributed by atoms with Gasteiger partial charge in [-0.05, 0) is 54.8 Å². The number of piperidine rings is 1. The summed E-state index contributed by atoms with van der Waals surface area (Å²) in [6.45, 7) is 1.01. The summed E-state index contributed by atoms with van der Waals surface area (Å²) in [5.74, 6) is -0.152. The van der Waals surface area contributed by atoms with Crippen molar-refractivity contribution in [2.24, 2.45) is 0 Å². The van der Waals surface area contributed by atoms with Gasteiger partial charge in [-0.3, -0.25) is 4.98 Å². The maximum absolute atomic E-state index is 13.9. The van der Waals surface area contributed by atoms with E-state index in [1.165, 1.54) is 16.4 Å². The van der Waals surface area contributed by atoms with Crippen LogP contribution in [0, 0.1) is 5.82 Å². The maximum atomic E-state index is 13.9. The molecule has 0 bridgehead atoms. The topological polar surface area (TPSA) is 75.2 Å². The minimum absolute atomic E-state index is 0.115. The number of pyridine rings is 2. The fourth-order valence-corrected chi connectivity index (χ4v) is 5.27. The molecule has 30 heavy (non-hydrogen) atoms. The molecule has 0 amide bonds. The number of rotatable bonds is 6. The van der Waals surface area contributed by atoms with Crippen molar-refractivity contribution in [2.45, 2.75) is 30.2 Å². The summed E-state index contributed by atoms with van der Waals surface area (Å²) in [7, 11) is -3.70. The van der Waals surface area contributed by atoms with Gasteiger partial charge in [-0.1, -0.05) is 24.6 Å². The Bertz CT molecular complexity index is 1100. The molecule has 1 aliphatic heterocycles. The Morgan fingerprint density at radius 1 is 0.933 bits per heavy atom. The van der Waals surface area contributed by atoms with E-state index in [0.29, 0.717) is 24.3 Å². The lowest BCUT2D eigenvalue weighted by Gasteiger charge is -2.27. The van der Waals surface area contributed by atoms with Crippen molar-refractivity contribution in [3.05, 3.63) is 84.1 Å². The molecule has 156 valence electrons. The van der Waals surface area contributed by atoms with E-state index in [0.717, 1.165) is 19.3 Å². The molecule has 0 radical (unpaired) electrons. The van der Waals surface area contributed by atoms with E-state index in [9.17, 15) is 12.8 Å². The van der Waals surface area contributed by atoms with Crippen LogP contribution in [0.5, 0.6) is 0 Å². The molecule has 1 N–H and O–H groups in total. The smallest absolute Gasteiger partial charge is 0.246 e. The van der Waals surface area contributed by atoms with Gasteiger partial charge in [0.1, 0.15) is 16.5 Å². The molecule has 0 aliphatic carbocycles. The summed E-state index contributed by atoms with van der Waals surface area (Å²) >= 11 is 0. The summed E-state index contributed by atoms with van der Waals surface area (Å²) in [5.41, 5.74) is 1.26. The van der Waals surface area contributed by atoms with Gasteiger partial charge in [0.15, 0.2) is 0 Å². The molecule has 0 saturated carbocycles. The Morgan fingerprint density at radius 2 is 1.73 bits per heavy atom. The van der Waals surface area contributed by atoms with Crippen LogP contribution >= 0.6 is 0 Å². The molecular formula is C22H23FN4O2S. The predicted molar refractivity (Wildman–Crippen MR) is 113 cm³/mol. The highest BCUT2D eigenvalue weighted by Crippen LogP contribution is 2.30. The average Bonchev–Trinajstić information content (AvgIpc) is 2.79. The van der Waals surface area contributed by atoms with E-state index in [4.69, 9.17) is 0 Å². The SMILES string of the molecule is O=S(=O)(c1cccnc1NC(c1cccc(F)c1)c1ccccn1)N1CCCCC1. The van der Waals surface area contributed by atoms with Gasteiger partial charge in [0.2, 0.25) is 10.0 Å². The monoisotopic (exact) mass is 426 g/mol. The number of hydrogen-bond acceptors (Lipinski definition) is 5. The molecular weight excluding hydrogens is 403 g/mol. The fourth-order valence-electron chi connectivity index (χ4n) is 3.65. The first-order chi connectivity index (χ1) is 14.6. The molecule has 1 aliphatic rings. The number of aromatic nitrogens is 2. The second-order valence-corrected chi connectivity index (χ2v) is 9.11. The minimum atomic E-state index is -3.70. The van der Waals surface area contributed by atoms with E-state index in [-0.39, 0.29) is 16.5 Å². The molecule has 6 nitrogen and oxygen atoms in total. The van der Waals surface area contributed by atoms with Crippen LogP contribution < -0.4 is 5.32 Å². The zero-order valence-corrected chi connectivity index (χ0v) is 17.2. The molecule has 8 heteroatoms. The highest BCUT2D eigenvalue weighted by atomic mass is 32.2. The van der Waals surface area contributed by atoms with Crippen molar-refractivity contribution >= 4 is 15.8 Å². The Hall–Kier alpha value is -2.84. The van der Waals surface area contributed by atoms with Crippen molar-refractivity contribution in [3.63, 3.8) is 0 Å². The fraction of sp³-hybridized carbons (Fsp3) is 0.273. The standard InChI is InChI=1S/C22H23FN4O2S/c23-18-9-6-8-17(16-18)21(19-10-2-3-12-24-19)26-22-20(11-7-13-25-22)30(28,29)27-14-4-1-5-15-27/h2-3,6-13,16,21H,1,4-5,14-15H2,(H,25,26). The third kappa shape index (κ3) is 4.34. The van der Waals surface area contributed by atoms with E-state index in [2.05, 4.69) is 15.3 Å². The lowest BCUT2D eigenvalue weighted by Crippen LogP contribution is -2.36. The lowest BCUT2D eigenvalue weighted by atomic mass is 10.0. The summed E-state index contributed by atoms with van der Waals surface area (Å²) in [6, 6.07) is 14.2. The zero-order valence-electron chi connectivity index (χ0n) is 16.4. The quantitative estimate of drug-likeness (QED) is 0.645. The van der Waals surface area contributed by atoms with E-state index >= 15 is 0 Å². The van der Waals surface area contributed by atoms with Gasteiger partial charge in [-0.25, -0.2) is 17.8 Å². The van der Waals surface area contributed by atoms with Crippen LogP contribution in [0.2, 0.25) is 0 Å². The van der Waals surface area contributed by atoms with Gasteiger partial charge in [0.05, 0.1) is 11.7 Å². The van der Waals surface area contributed by atoms with Gasteiger partial charge in [-0.2, -0.15) is 4.31 Å². The summed E-state index contributed by atoms with van der Waals surface area (Å²) in [4.78, 5) is 8.82. The van der Waals surface area contributed by atoms with Crippen molar-refractivity contribution in [3.8, 4) is 0 Å². The van der Waals surface area contributed by atoms with Gasteiger partial charge in [-0.15, -0.1) is 0 Å². The second kappa shape index (κ2) is 8.89. The molecule has 2 aromatic heterocycles. The molecule has 1 atom stereocenters. The number of halogens is 1. The molecule has 1 aromatic carbocycles. The number of anilines is 1. The van der Waals surface area contributed by atoms with Crippen LogP contribution in [0.25, 0.3) is 0 Å². The molecule has 3 heterocycles. The molecule has 3 aromatic rings. The predicted octanol–water partition coefficient (Wildman–Crippen LogP) is 3.99. The first-order valence-corrected chi connectivity index (χ1v) is 11.4. The number of sulfonamides is 1. The van der Waals surface area contributed by atoms with Crippen molar-refractivity contribution in [1.29, 1.82) is 0 Å². The first kappa shape index (κ1) is 20.4. The second-order valence-electron chi connectivity index (χ2n) is 7.20. The Kier molecular flexibility index (Phi) is 6.06. The zero-order chi connectivity index (χ0) is 21.0. The van der Waals surface area contributed by atoms with Crippen LogP contribution in [-0.2, 0) is 10.0 Å². The van der Waals surface area contributed by atoms with Crippen LogP contribution in [0.15, 0.2) is 71.9 Å². The Morgan fingerprint density at radius 3 is 2.47 bits per heavy atom. The summed E-state index contributed by atoms with van der Waals surface area (Å²) in [5, 5.41) is 3.21. The van der Waals surface area contributed by atoms with Crippen LogP contribution in [-0.4, -0.2) is 35.8 Å². The Balaban J connectivity index is 1.74. The number of nitrogens with one attached hydrogen (secondary N) is 1. The molecule has 1 unspecified atom stereocenters. The number of hydrogen-bond donors (Lipinski definition) is 1. The van der Waals surface area contributed by atoms with E-state index in [1.807, 2.05) is 12.1 Å². The third-order valence-corrected chi connectivity index (χ3v) is 7.08. The van der Waals surface area contributed by atoms with Gasteiger partial charge >= 0.3 is 0 Å². The Labute approximate surface area is 175 Å². The molecule has 4 rings (SSSR count). The van der Waals surface area contributed by atoms with E-state index in [1.54, 1.807) is 42.7 Å². The lowest BCUT2D eigenvalue weighted by molar-refractivity contribution is 0.346. The van der Waals surface area contributed by atoms with Gasteiger partial charge < -0.3 is 5.32 Å². The highest BCUT2D eigenvalue weighted by molar-refractivity contribution is 7.89.